The lowest BCUT2D eigenvalue weighted by molar-refractivity contribution is -0.383. The Morgan fingerprint density at radius 1 is 1.14 bits per heavy atom. The zero-order chi connectivity index (χ0) is 26.5. The van der Waals surface area contributed by atoms with Gasteiger partial charge in [0, 0.05) is 42.3 Å². The van der Waals surface area contributed by atoms with Gasteiger partial charge < -0.3 is 4.90 Å². The highest BCUT2D eigenvalue weighted by molar-refractivity contribution is 9.10. The summed E-state index contributed by atoms with van der Waals surface area (Å²) in [6.45, 7) is 3.28. The summed E-state index contributed by atoms with van der Waals surface area (Å²) in [4.78, 5) is 31.4. The van der Waals surface area contributed by atoms with E-state index in [0.717, 1.165) is 43.7 Å². The van der Waals surface area contributed by atoms with Crippen molar-refractivity contribution in [3.05, 3.63) is 72.2 Å². The molecule has 5 rings (SSSR count). The minimum absolute atomic E-state index is 0.0394. The SMILES string of the molecule is O=c1nc(N2CCC3(CCN(Cc4ccc(Br)cc4F)C3)CC2)sc2c([N+](=O)[O-])cc(C(F)(F)F)cc12. The third kappa shape index (κ3) is 5.21. The summed E-state index contributed by atoms with van der Waals surface area (Å²) in [5, 5.41) is 11.4. The fourth-order valence-electron chi connectivity index (χ4n) is 5.21. The second-order valence-electron chi connectivity index (χ2n) is 9.61. The van der Waals surface area contributed by atoms with Gasteiger partial charge in [-0.05, 0) is 49.4 Å². The van der Waals surface area contributed by atoms with Gasteiger partial charge in [-0.3, -0.25) is 19.8 Å². The molecular formula is C24H21BrF4N4O3S. The summed E-state index contributed by atoms with van der Waals surface area (Å²) in [5.41, 5.74) is -2.24. The Hall–Kier alpha value is -2.64. The smallest absolute Gasteiger partial charge is 0.348 e. The number of nitrogens with zero attached hydrogens (tertiary/aromatic N) is 4. The molecular weight excluding hydrogens is 580 g/mol. The normalized spacial score (nSPS) is 18.1. The fraction of sp³-hybridized carbons (Fsp3) is 0.417. The van der Waals surface area contributed by atoms with E-state index >= 15 is 0 Å². The lowest BCUT2D eigenvalue weighted by Gasteiger charge is -2.39. The molecule has 2 aliphatic rings. The number of likely N-dealkylation sites (tertiary alicyclic amines) is 1. The number of non-ortho nitro benzene ring substituents is 1. The number of halogens is 5. The first-order valence-electron chi connectivity index (χ1n) is 11.6. The molecule has 2 saturated heterocycles. The number of aromatic nitrogens is 1. The number of nitro groups is 1. The number of nitro benzene ring substituents is 1. The van der Waals surface area contributed by atoms with E-state index in [0.29, 0.717) is 41.8 Å². The van der Waals surface area contributed by atoms with Crippen LogP contribution in [-0.2, 0) is 12.7 Å². The zero-order valence-electron chi connectivity index (χ0n) is 19.4. The minimum Gasteiger partial charge on any atom is -0.348 e. The van der Waals surface area contributed by atoms with Crippen LogP contribution in [0.15, 0.2) is 39.6 Å². The maximum absolute atomic E-state index is 14.3. The molecule has 7 nitrogen and oxygen atoms in total. The molecule has 0 aliphatic carbocycles. The lowest BCUT2D eigenvalue weighted by atomic mass is 9.78. The summed E-state index contributed by atoms with van der Waals surface area (Å²) in [5.74, 6) is -0.251. The van der Waals surface area contributed by atoms with Crippen molar-refractivity contribution in [2.75, 3.05) is 31.1 Å². The molecule has 2 fully saturated rings. The Bertz CT molecular complexity index is 1440. The van der Waals surface area contributed by atoms with Gasteiger partial charge in [0.15, 0.2) is 5.13 Å². The fourth-order valence-corrected chi connectivity index (χ4v) is 6.66. The van der Waals surface area contributed by atoms with E-state index in [1.165, 1.54) is 6.07 Å². The number of alkyl halides is 3. The van der Waals surface area contributed by atoms with Gasteiger partial charge in [0.1, 0.15) is 10.5 Å². The number of anilines is 1. The van der Waals surface area contributed by atoms with E-state index in [9.17, 15) is 32.5 Å². The van der Waals surface area contributed by atoms with Crippen LogP contribution in [0.1, 0.15) is 30.4 Å². The molecule has 3 heterocycles. The van der Waals surface area contributed by atoms with Crippen LogP contribution in [0.25, 0.3) is 10.1 Å². The summed E-state index contributed by atoms with van der Waals surface area (Å²) in [6, 6.07) is 6.14. The second-order valence-corrected chi connectivity index (χ2v) is 11.5. The molecule has 37 heavy (non-hydrogen) atoms. The Morgan fingerprint density at radius 2 is 1.84 bits per heavy atom. The Balaban J connectivity index is 1.33. The predicted octanol–water partition coefficient (Wildman–Crippen LogP) is 5.98. The Morgan fingerprint density at radius 3 is 2.49 bits per heavy atom. The van der Waals surface area contributed by atoms with Crippen LogP contribution in [0.5, 0.6) is 0 Å². The Labute approximate surface area is 221 Å². The first-order chi connectivity index (χ1) is 17.4. The number of hydrogen-bond donors (Lipinski definition) is 0. The molecule has 13 heteroatoms. The summed E-state index contributed by atoms with van der Waals surface area (Å²) < 4.78 is 54.5. The maximum atomic E-state index is 14.3. The molecule has 0 bridgehead atoms. The van der Waals surface area contributed by atoms with Crippen molar-refractivity contribution in [2.45, 2.75) is 32.0 Å². The summed E-state index contributed by atoms with van der Waals surface area (Å²) >= 11 is 4.14. The maximum Gasteiger partial charge on any atom is 0.416 e. The van der Waals surface area contributed by atoms with Crippen molar-refractivity contribution in [1.29, 1.82) is 0 Å². The van der Waals surface area contributed by atoms with Gasteiger partial charge in [0.25, 0.3) is 11.2 Å². The monoisotopic (exact) mass is 600 g/mol. The van der Waals surface area contributed by atoms with Gasteiger partial charge in [-0.2, -0.15) is 18.2 Å². The van der Waals surface area contributed by atoms with Crippen LogP contribution in [-0.4, -0.2) is 41.0 Å². The summed E-state index contributed by atoms with van der Waals surface area (Å²) in [7, 11) is 0. The third-order valence-corrected chi connectivity index (χ3v) is 8.89. The molecule has 1 spiro atoms. The molecule has 0 atom stereocenters. The van der Waals surface area contributed by atoms with E-state index in [2.05, 4.69) is 25.8 Å². The van der Waals surface area contributed by atoms with Gasteiger partial charge in [-0.1, -0.05) is 33.3 Å². The summed E-state index contributed by atoms with van der Waals surface area (Å²) in [6.07, 6.45) is -2.29. The van der Waals surface area contributed by atoms with Crippen molar-refractivity contribution in [2.24, 2.45) is 5.41 Å². The highest BCUT2D eigenvalue weighted by Gasteiger charge is 2.41. The first-order valence-corrected chi connectivity index (χ1v) is 13.2. The number of fused-ring (bicyclic) bond motifs is 1. The lowest BCUT2D eigenvalue weighted by Crippen LogP contribution is -2.42. The predicted molar refractivity (Wildman–Crippen MR) is 135 cm³/mol. The highest BCUT2D eigenvalue weighted by Crippen LogP contribution is 2.43. The van der Waals surface area contributed by atoms with Crippen LogP contribution in [0.4, 0.5) is 28.4 Å². The molecule has 2 aromatic carbocycles. The zero-order valence-corrected chi connectivity index (χ0v) is 21.8. The average molecular weight is 601 g/mol. The molecule has 1 aromatic heterocycles. The van der Waals surface area contributed by atoms with E-state index < -0.39 is 33.3 Å². The number of piperidine rings is 1. The van der Waals surface area contributed by atoms with Gasteiger partial charge in [-0.25, -0.2) is 4.39 Å². The number of benzene rings is 2. The number of hydrogen-bond acceptors (Lipinski definition) is 7. The molecule has 0 amide bonds. The molecule has 0 unspecified atom stereocenters. The van der Waals surface area contributed by atoms with Crippen molar-refractivity contribution in [3.8, 4) is 0 Å². The third-order valence-electron chi connectivity index (χ3n) is 7.24. The largest absolute Gasteiger partial charge is 0.416 e. The molecule has 0 radical (unpaired) electrons. The molecule has 3 aromatic rings. The topological polar surface area (TPSA) is 79.6 Å². The van der Waals surface area contributed by atoms with Crippen LogP contribution in [0, 0.1) is 21.3 Å². The molecule has 0 saturated carbocycles. The minimum atomic E-state index is -4.83. The van der Waals surface area contributed by atoms with Crippen LogP contribution in [0.2, 0.25) is 0 Å². The van der Waals surface area contributed by atoms with E-state index in [1.807, 2.05) is 11.0 Å². The molecule has 0 N–H and O–H groups in total. The number of rotatable bonds is 4. The quantitative estimate of drug-likeness (QED) is 0.208. The van der Waals surface area contributed by atoms with E-state index in [4.69, 9.17) is 0 Å². The molecule has 2 aliphatic heterocycles. The van der Waals surface area contributed by atoms with Gasteiger partial charge in [0.2, 0.25) is 0 Å². The van der Waals surface area contributed by atoms with Crippen molar-refractivity contribution in [3.63, 3.8) is 0 Å². The van der Waals surface area contributed by atoms with Gasteiger partial charge in [0.05, 0.1) is 15.9 Å². The molecule has 196 valence electrons. The van der Waals surface area contributed by atoms with Crippen molar-refractivity contribution in [1.82, 2.24) is 9.88 Å². The first kappa shape index (κ1) is 26.0. The van der Waals surface area contributed by atoms with Crippen molar-refractivity contribution >= 4 is 48.2 Å². The Kier molecular flexibility index (Phi) is 6.73. The van der Waals surface area contributed by atoms with Crippen LogP contribution in [0.3, 0.4) is 0 Å². The second kappa shape index (κ2) is 9.59. The van der Waals surface area contributed by atoms with E-state index in [1.54, 1.807) is 6.07 Å². The average Bonchev–Trinajstić information content (AvgIpc) is 3.21. The van der Waals surface area contributed by atoms with E-state index in [-0.39, 0.29) is 21.1 Å². The van der Waals surface area contributed by atoms with Crippen LogP contribution < -0.4 is 10.5 Å². The van der Waals surface area contributed by atoms with Crippen molar-refractivity contribution < 1.29 is 22.5 Å². The highest BCUT2D eigenvalue weighted by atomic mass is 79.9. The van der Waals surface area contributed by atoms with Crippen LogP contribution >= 0.6 is 27.3 Å². The van der Waals surface area contributed by atoms with Gasteiger partial charge >= 0.3 is 6.18 Å². The standard InChI is InChI=1S/C24H21BrF4N4O3S/c25-16-2-1-14(18(26)11-16)12-31-6-3-23(13-31)4-7-32(8-5-23)22-30-21(34)17-9-15(24(27,28)29)10-19(33(35)36)20(17)37-22/h1-2,9-11H,3-8,12-13H2. The van der Waals surface area contributed by atoms with Gasteiger partial charge in [-0.15, -0.1) is 0 Å².